The number of ketones is 1. The standard InChI is InChI=1S/C14H11Cl2NO3S/c1-9(18)10-4-2-5-11(8-10)21(19,20)17-14-12(15)6-3-7-13(14)16/h2-8,17H,1H3. The van der Waals surface area contributed by atoms with Crippen LogP contribution in [0.15, 0.2) is 47.4 Å². The molecule has 0 spiro atoms. The normalized spacial score (nSPS) is 11.2. The monoisotopic (exact) mass is 343 g/mol. The Labute approximate surface area is 132 Å². The van der Waals surface area contributed by atoms with Gasteiger partial charge in [-0.25, -0.2) is 8.42 Å². The van der Waals surface area contributed by atoms with Gasteiger partial charge in [-0.15, -0.1) is 0 Å². The number of hydrogen-bond acceptors (Lipinski definition) is 3. The number of hydrogen-bond donors (Lipinski definition) is 1. The van der Waals surface area contributed by atoms with Crippen molar-refractivity contribution in [2.24, 2.45) is 0 Å². The van der Waals surface area contributed by atoms with Gasteiger partial charge in [-0.2, -0.15) is 0 Å². The van der Waals surface area contributed by atoms with Crippen LogP contribution in [0.3, 0.4) is 0 Å². The second kappa shape index (κ2) is 6.05. The summed E-state index contributed by atoms with van der Waals surface area (Å²) < 4.78 is 27.0. The van der Waals surface area contributed by atoms with Crippen molar-refractivity contribution in [1.82, 2.24) is 0 Å². The first-order valence-electron chi connectivity index (χ1n) is 5.89. The Morgan fingerprint density at radius 2 is 1.62 bits per heavy atom. The number of para-hydroxylation sites is 1. The molecular formula is C14H11Cl2NO3S. The third-order valence-corrected chi connectivity index (χ3v) is 4.73. The molecule has 0 heterocycles. The highest BCUT2D eigenvalue weighted by molar-refractivity contribution is 7.92. The summed E-state index contributed by atoms with van der Waals surface area (Å²) in [6.07, 6.45) is 0. The molecule has 2 aromatic carbocycles. The molecule has 0 atom stereocenters. The molecule has 0 radical (unpaired) electrons. The minimum absolute atomic E-state index is 0.0359. The molecule has 0 aromatic heterocycles. The number of carbonyl (C=O) groups excluding carboxylic acids is 1. The first-order valence-corrected chi connectivity index (χ1v) is 8.13. The number of sulfonamides is 1. The lowest BCUT2D eigenvalue weighted by Gasteiger charge is -2.11. The van der Waals surface area contributed by atoms with E-state index in [-0.39, 0.29) is 26.4 Å². The van der Waals surface area contributed by atoms with Gasteiger partial charge in [0.05, 0.1) is 20.6 Å². The summed E-state index contributed by atoms with van der Waals surface area (Å²) in [6.45, 7) is 1.37. The maximum atomic E-state index is 12.3. The number of benzene rings is 2. The topological polar surface area (TPSA) is 63.2 Å². The van der Waals surface area contributed by atoms with Gasteiger partial charge < -0.3 is 0 Å². The number of rotatable bonds is 4. The van der Waals surface area contributed by atoms with Crippen LogP contribution in [-0.2, 0) is 10.0 Å². The van der Waals surface area contributed by atoms with Gasteiger partial charge in [-0.05, 0) is 31.2 Å². The zero-order valence-corrected chi connectivity index (χ0v) is 13.3. The van der Waals surface area contributed by atoms with E-state index >= 15 is 0 Å². The van der Waals surface area contributed by atoms with E-state index in [2.05, 4.69) is 4.72 Å². The SMILES string of the molecule is CC(=O)c1cccc(S(=O)(=O)Nc2c(Cl)cccc2Cl)c1. The molecule has 0 unspecified atom stereocenters. The second-order valence-corrected chi connectivity index (χ2v) is 6.78. The molecule has 4 nitrogen and oxygen atoms in total. The van der Waals surface area contributed by atoms with Crippen molar-refractivity contribution in [3.05, 3.63) is 58.1 Å². The number of Topliss-reactive ketones (excluding diaryl/α,β-unsaturated/α-hetero) is 1. The maximum Gasteiger partial charge on any atom is 0.262 e. The van der Waals surface area contributed by atoms with E-state index in [0.717, 1.165) is 0 Å². The Hall–Kier alpha value is -1.56. The average Bonchev–Trinajstić information content (AvgIpc) is 2.43. The van der Waals surface area contributed by atoms with Crippen molar-refractivity contribution in [2.75, 3.05) is 4.72 Å². The molecule has 0 saturated carbocycles. The first kappa shape index (κ1) is 15.8. The summed E-state index contributed by atoms with van der Waals surface area (Å²) in [4.78, 5) is 11.3. The third-order valence-electron chi connectivity index (χ3n) is 2.75. The molecule has 0 fully saturated rings. The maximum absolute atomic E-state index is 12.3. The predicted octanol–water partition coefficient (Wildman–Crippen LogP) is 4.00. The van der Waals surface area contributed by atoms with Gasteiger partial charge in [-0.3, -0.25) is 9.52 Å². The fraction of sp³-hybridized carbons (Fsp3) is 0.0714. The number of halogens is 2. The average molecular weight is 344 g/mol. The van der Waals surface area contributed by atoms with E-state index in [0.29, 0.717) is 5.56 Å². The van der Waals surface area contributed by atoms with Gasteiger partial charge in [-0.1, -0.05) is 41.4 Å². The van der Waals surface area contributed by atoms with E-state index in [4.69, 9.17) is 23.2 Å². The van der Waals surface area contributed by atoms with Crippen LogP contribution >= 0.6 is 23.2 Å². The van der Waals surface area contributed by atoms with Crippen LogP contribution in [0, 0.1) is 0 Å². The van der Waals surface area contributed by atoms with Crippen LogP contribution in [0.2, 0.25) is 10.0 Å². The molecule has 0 aliphatic rings. The minimum Gasteiger partial charge on any atom is -0.295 e. The lowest BCUT2D eigenvalue weighted by Crippen LogP contribution is -2.14. The second-order valence-electron chi connectivity index (χ2n) is 4.29. The van der Waals surface area contributed by atoms with E-state index in [1.165, 1.54) is 37.3 Å². The quantitative estimate of drug-likeness (QED) is 0.853. The lowest BCUT2D eigenvalue weighted by atomic mass is 10.2. The molecule has 0 amide bonds. The molecule has 0 aliphatic carbocycles. The van der Waals surface area contributed by atoms with E-state index in [9.17, 15) is 13.2 Å². The summed E-state index contributed by atoms with van der Waals surface area (Å²) in [5.41, 5.74) is 0.414. The zero-order valence-electron chi connectivity index (χ0n) is 10.9. The molecule has 2 aromatic rings. The highest BCUT2D eigenvalue weighted by Gasteiger charge is 2.18. The highest BCUT2D eigenvalue weighted by Crippen LogP contribution is 2.31. The van der Waals surface area contributed by atoms with Gasteiger partial charge in [0.15, 0.2) is 5.78 Å². The van der Waals surface area contributed by atoms with E-state index < -0.39 is 10.0 Å². The number of nitrogens with one attached hydrogen (secondary N) is 1. The first-order chi connectivity index (χ1) is 9.81. The molecule has 0 saturated heterocycles. The smallest absolute Gasteiger partial charge is 0.262 e. The lowest BCUT2D eigenvalue weighted by molar-refractivity contribution is 0.101. The Bertz CT molecular complexity index is 783. The Morgan fingerprint density at radius 3 is 2.19 bits per heavy atom. The minimum atomic E-state index is -3.89. The van der Waals surface area contributed by atoms with Crippen LogP contribution in [0.5, 0.6) is 0 Å². The molecule has 0 bridgehead atoms. The molecule has 7 heteroatoms. The summed E-state index contributed by atoms with van der Waals surface area (Å²) in [5, 5.41) is 0.377. The Morgan fingerprint density at radius 1 is 1.05 bits per heavy atom. The highest BCUT2D eigenvalue weighted by atomic mass is 35.5. The molecular weight excluding hydrogens is 333 g/mol. The Kier molecular flexibility index (Phi) is 4.56. The van der Waals surface area contributed by atoms with E-state index in [1.807, 2.05) is 0 Å². The molecule has 21 heavy (non-hydrogen) atoms. The van der Waals surface area contributed by atoms with Crippen LogP contribution < -0.4 is 4.72 Å². The van der Waals surface area contributed by atoms with E-state index in [1.54, 1.807) is 12.1 Å². The molecule has 0 aliphatic heterocycles. The van der Waals surface area contributed by atoms with Crippen molar-refractivity contribution in [3.63, 3.8) is 0 Å². The van der Waals surface area contributed by atoms with Crippen molar-refractivity contribution in [1.29, 1.82) is 0 Å². The van der Waals surface area contributed by atoms with Gasteiger partial charge in [0.2, 0.25) is 0 Å². The summed E-state index contributed by atoms with van der Waals surface area (Å²) in [6, 6.07) is 10.4. The summed E-state index contributed by atoms with van der Waals surface area (Å²) in [7, 11) is -3.89. The predicted molar refractivity (Wildman–Crippen MR) is 83.7 cm³/mol. The number of carbonyl (C=O) groups is 1. The van der Waals surface area contributed by atoms with Crippen molar-refractivity contribution >= 4 is 44.7 Å². The molecule has 110 valence electrons. The van der Waals surface area contributed by atoms with Crippen LogP contribution in [0.1, 0.15) is 17.3 Å². The summed E-state index contributed by atoms with van der Waals surface area (Å²) >= 11 is 11.9. The van der Waals surface area contributed by atoms with Gasteiger partial charge in [0.1, 0.15) is 0 Å². The van der Waals surface area contributed by atoms with Crippen LogP contribution in [0.25, 0.3) is 0 Å². The zero-order chi connectivity index (χ0) is 15.6. The van der Waals surface area contributed by atoms with Crippen LogP contribution in [0.4, 0.5) is 5.69 Å². The largest absolute Gasteiger partial charge is 0.295 e. The molecule has 1 N–H and O–H groups in total. The van der Waals surface area contributed by atoms with Gasteiger partial charge in [0.25, 0.3) is 10.0 Å². The fourth-order valence-electron chi connectivity index (χ4n) is 1.67. The van der Waals surface area contributed by atoms with Crippen molar-refractivity contribution in [3.8, 4) is 0 Å². The third kappa shape index (κ3) is 3.56. The summed E-state index contributed by atoms with van der Waals surface area (Å²) in [5.74, 6) is -0.220. The molecule has 2 rings (SSSR count). The van der Waals surface area contributed by atoms with Crippen molar-refractivity contribution < 1.29 is 13.2 Å². The Balaban J connectivity index is 2.44. The van der Waals surface area contributed by atoms with Crippen LogP contribution in [-0.4, -0.2) is 14.2 Å². The number of anilines is 1. The van der Waals surface area contributed by atoms with Gasteiger partial charge in [0, 0.05) is 5.56 Å². The van der Waals surface area contributed by atoms with Crippen molar-refractivity contribution in [2.45, 2.75) is 11.8 Å². The van der Waals surface area contributed by atoms with Gasteiger partial charge >= 0.3 is 0 Å². The fourth-order valence-corrected chi connectivity index (χ4v) is 3.42.